The number of hydrogen-bond donors (Lipinski definition) is 1. The summed E-state index contributed by atoms with van der Waals surface area (Å²) in [7, 11) is 0. The Hall–Kier alpha value is -2.22. The van der Waals surface area contributed by atoms with E-state index in [2.05, 4.69) is 4.98 Å². The van der Waals surface area contributed by atoms with E-state index in [1.54, 1.807) is 0 Å². The first-order valence-electron chi connectivity index (χ1n) is 6.25. The van der Waals surface area contributed by atoms with E-state index in [-0.39, 0.29) is 12.1 Å². The highest BCUT2D eigenvalue weighted by Gasteiger charge is 2.17. The van der Waals surface area contributed by atoms with E-state index in [0.29, 0.717) is 10.2 Å². The lowest BCUT2D eigenvalue weighted by molar-refractivity contribution is -0.154. The number of amides is 1. The van der Waals surface area contributed by atoms with Crippen molar-refractivity contribution in [2.24, 2.45) is 5.73 Å². The van der Waals surface area contributed by atoms with E-state index in [1.165, 1.54) is 24.6 Å². The second-order valence-corrected chi connectivity index (χ2v) is 5.88. The Kier molecular flexibility index (Phi) is 4.08. The Morgan fingerprint density at radius 3 is 2.76 bits per heavy atom. The normalized spacial score (nSPS) is 12.3. The minimum absolute atomic E-state index is 0.300. The fourth-order valence-corrected chi connectivity index (χ4v) is 2.80. The van der Waals surface area contributed by atoms with Crippen LogP contribution in [0.25, 0.3) is 10.2 Å². The highest BCUT2D eigenvalue weighted by molar-refractivity contribution is 7.18. The van der Waals surface area contributed by atoms with Crippen LogP contribution >= 0.6 is 11.3 Å². The number of thiophene rings is 1. The van der Waals surface area contributed by atoms with Crippen LogP contribution in [0.1, 0.15) is 17.4 Å². The SMILES string of the molecule is Cc1sc2ncn(CC(=O)O[C@@H](C)C(N)=O)c(=O)c2c1C. The molecule has 0 aromatic carbocycles. The Morgan fingerprint density at radius 2 is 2.14 bits per heavy atom. The maximum absolute atomic E-state index is 12.3. The number of esters is 1. The van der Waals surface area contributed by atoms with Gasteiger partial charge in [-0.25, -0.2) is 4.98 Å². The van der Waals surface area contributed by atoms with Gasteiger partial charge in [0.1, 0.15) is 11.4 Å². The van der Waals surface area contributed by atoms with Crippen molar-refractivity contribution >= 4 is 33.4 Å². The van der Waals surface area contributed by atoms with Gasteiger partial charge in [-0.2, -0.15) is 0 Å². The van der Waals surface area contributed by atoms with Gasteiger partial charge >= 0.3 is 5.97 Å². The predicted molar refractivity (Wildman–Crippen MR) is 78.1 cm³/mol. The van der Waals surface area contributed by atoms with Gasteiger partial charge in [0.2, 0.25) is 0 Å². The molecule has 2 rings (SSSR count). The molecule has 0 saturated carbocycles. The summed E-state index contributed by atoms with van der Waals surface area (Å²) in [5.41, 5.74) is 5.57. The molecule has 0 aliphatic rings. The Morgan fingerprint density at radius 1 is 1.48 bits per heavy atom. The molecule has 112 valence electrons. The van der Waals surface area contributed by atoms with Gasteiger partial charge in [0.25, 0.3) is 11.5 Å². The third-order valence-corrected chi connectivity index (χ3v) is 4.28. The standard InChI is InChI=1S/C13H15N3O4S/c1-6-8(3)21-12-10(6)13(19)16(5-15-12)4-9(17)20-7(2)11(14)18/h5,7H,4H2,1-3H3,(H2,14,18)/t7-/m0/s1. The van der Waals surface area contributed by atoms with Gasteiger partial charge in [-0.1, -0.05) is 0 Å². The van der Waals surface area contributed by atoms with Crippen molar-refractivity contribution in [3.05, 3.63) is 27.1 Å². The molecule has 0 aliphatic carbocycles. The number of nitrogens with two attached hydrogens (primary N) is 1. The number of aromatic nitrogens is 2. The molecule has 0 fully saturated rings. The van der Waals surface area contributed by atoms with Crippen molar-refractivity contribution in [3.63, 3.8) is 0 Å². The van der Waals surface area contributed by atoms with Crippen LogP contribution in [-0.2, 0) is 20.9 Å². The molecule has 2 aromatic heterocycles. The number of carbonyl (C=O) groups is 2. The van der Waals surface area contributed by atoms with Crippen molar-refractivity contribution in [1.82, 2.24) is 9.55 Å². The molecule has 7 nitrogen and oxygen atoms in total. The number of carbonyl (C=O) groups excluding carboxylic acids is 2. The topological polar surface area (TPSA) is 104 Å². The maximum Gasteiger partial charge on any atom is 0.326 e. The number of fused-ring (bicyclic) bond motifs is 1. The molecule has 0 aliphatic heterocycles. The number of nitrogens with zero attached hydrogens (tertiary/aromatic N) is 2. The van der Waals surface area contributed by atoms with Crippen molar-refractivity contribution in [2.45, 2.75) is 33.4 Å². The fraction of sp³-hybridized carbons (Fsp3) is 0.385. The molecule has 2 aromatic rings. The van der Waals surface area contributed by atoms with Gasteiger partial charge in [-0.3, -0.25) is 19.0 Å². The third-order valence-electron chi connectivity index (χ3n) is 3.16. The molecular formula is C13H15N3O4S. The molecule has 0 spiro atoms. The van der Waals surface area contributed by atoms with Crippen LogP contribution in [0.15, 0.2) is 11.1 Å². The van der Waals surface area contributed by atoms with Gasteiger partial charge in [0.15, 0.2) is 6.10 Å². The molecular weight excluding hydrogens is 294 g/mol. The monoisotopic (exact) mass is 309 g/mol. The highest BCUT2D eigenvalue weighted by Crippen LogP contribution is 2.25. The first-order valence-corrected chi connectivity index (χ1v) is 7.07. The van der Waals surface area contributed by atoms with Crippen molar-refractivity contribution < 1.29 is 14.3 Å². The predicted octanol–water partition coefficient (Wildman–Crippen LogP) is 0.492. The van der Waals surface area contributed by atoms with E-state index in [0.717, 1.165) is 15.0 Å². The summed E-state index contributed by atoms with van der Waals surface area (Å²) in [5.74, 6) is -1.46. The lowest BCUT2D eigenvalue weighted by atomic mass is 10.2. The average molecular weight is 309 g/mol. The first kappa shape index (κ1) is 15.2. The van der Waals surface area contributed by atoms with Crippen molar-refractivity contribution in [2.75, 3.05) is 0 Å². The molecule has 1 atom stereocenters. The summed E-state index contributed by atoms with van der Waals surface area (Å²) < 4.78 is 5.98. The van der Waals surface area contributed by atoms with Crippen LogP contribution in [-0.4, -0.2) is 27.5 Å². The second-order valence-electron chi connectivity index (χ2n) is 4.68. The summed E-state index contributed by atoms with van der Waals surface area (Å²) in [6.45, 7) is 4.81. The number of rotatable bonds is 4. The van der Waals surface area contributed by atoms with Gasteiger partial charge < -0.3 is 10.5 Å². The van der Waals surface area contributed by atoms with Crippen LogP contribution in [0.2, 0.25) is 0 Å². The molecule has 8 heteroatoms. The average Bonchev–Trinajstić information content (AvgIpc) is 2.69. The largest absolute Gasteiger partial charge is 0.451 e. The maximum atomic E-state index is 12.3. The fourth-order valence-electron chi connectivity index (χ4n) is 1.81. The van der Waals surface area contributed by atoms with Crippen LogP contribution in [0.4, 0.5) is 0 Å². The van der Waals surface area contributed by atoms with E-state index in [4.69, 9.17) is 10.5 Å². The molecule has 0 bridgehead atoms. The van der Waals surface area contributed by atoms with E-state index >= 15 is 0 Å². The van der Waals surface area contributed by atoms with Gasteiger partial charge in [-0.05, 0) is 26.3 Å². The quantitative estimate of drug-likeness (QED) is 0.828. The molecule has 21 heavy (non-hydrogen) atoms. The molecule has 0 radical (unpaired) electrons. The summed E-state index contributed by atoms with van der Waals surface area (Å²) in [5, 5.41) is 0.510. The number of aryl methyl sites for hydroxylation is 2. The molecule has 2 N–H and O–H groups in total. The van der Waals surface area contributed by atoms with Crippen molar-refractivity contribution in [3.8, 4) is 0 Å². The summed E-state index contributed by atoms with van der Waals surface area (Å²) in [6.07, 6.45) is 0.269. The molecule has 2 heterocycles. The van der Waals surface area contributed by atoms with Gasteiger partial charge in [-0.15, -0.1) is 11.3 Å². The number of primary amides is 1. The van der Waals surface area contributed by atoms with E-state index in [1.807, 2.05) is 13.8 Å². The van der Waals surface area contributed by atoms with Crippen molar-refractivity contribution in [1.29, 1.82) is 0 Å². The van der Waals surface area contributed by atoms with Gasteiger partial charge in [0, 0.05) is 4.88 Å². The summed E-state index contributed by atoms with van der Waals surface area (Å²) in [4.78, 5) is 40.7. The molecule has 1 amide bonds. The third kappa shape index (κ3) is 2.94. The van der Waals surface area contributed by atoms with Crippen LogP contribution in [0.3, 0.4) is 0 Å². The minimum atomic E-state index is -1.03. The zero-order chi connectivity index (χ0) is 15.7. The van der Waals surface area contributed by atoms with Crippen LogP contribution in [0, 0.1) is 13.8 Å². The molecule has 0 unspecified atom stereocenters. The number of ether oxygens (including phenoxy) is 1. The lowest BCUT2D eigenvalue weighted by Crippen LogP contribution is -2.33. The van der Waals surface area contributed by atoms with Gasteiger partial charge in [0.05, 0.1) is 11.7 Å². The summed E-state index contributed by atoms with van der Waals surface area (Å²) >= 11 is 1.43. The Balaban J connectivity index is 2.29. The zero-order valence-electron chi connectivity index (χ0n) is 11.9. The second kappa shape index (κ2) is 5.65. The van der Waals surface area contributed by atoms with Crippen LogP contribution < -0.4 is 11.3 Å². The Bertz CT molecular complexity index is 778. The molecule has 0 saturated heterocycles. The minimum Gasteiger partial charge on any atom is -0.451 e. The summed E-state index contributed by atoms with van der Waals surface area (Å²) in [6, 6.07) is 0. The Labute approximate surface area is 124 Å². The van der Waals surface area contributed by atoms with Crippen LogP contribution in [0.5, 0.6) is 0 Å². The first-order chi connectivity index (χ1) is 9.81. The number of hydrogen-bond acceptors (Lipinski definition) is 6. The zero-order valence-corrected chi connectivity index (χ0v) is 12.7. The van der Waals surface area contributed by atoms with E-state index < -0.39 is 18.0 Å². The lowest BCUT2D eigenvalue weighted by Gasteiger charge is -2.10. The highest BCUT2D eigenvalue weighted by atomic mass is 32.1. The smallest absolute Gasteiger partial charge is 0.326 e. The van der Waals surface area contributed by atoms with E-state index in [9.17, 15) is 14.4 Å².